The van der Waals surface area contributed by atoms with Gasteiger partial charge in [0.05, 0.1) is 18.0 Å². The van der Waals surface area contributed by atoms with Gasteiger partial charge in [-0.05, 0) is 24.1 Å². The van der Waals surface area contributed by atoms with E-state index in [1.165, 1.54) is 6.07 Å². The highest BCUT2D eigenvalue weighted by Crippen LogP contribution is 2.34. The Bertz CT molecular complexity index is 546. The van der Waals surface area contributed by atoms with Crippen LogP contribution in [0.25, 0.3) is 0 Å². The van der Waals surface area contributed by atoms with Crippen molar-refractivity contribution >= 4 is 23.0 Å². The number of halogens is 3. The lowest BCUT2D eigenvalue weighted by molar-refractivity contribution is -0.120. The number of aryl methyl sites for hydroxylation is 1. The van der Waals surface area contributed by atoms with Crippen LogP contribution in [0.5, 0.6) is 0 Å². The van der Waals surface area contributed by atoms with Crippen LogP contribution in [-0.2, 0) is 11.2 Å². The molecule has 1 aromatic rings. The number of hydrogen-bond acceptors (Lipinski definition) is 4. The summed E-state index contributed by atoms with van der Waals surface area (Å²) in [5.74, 6) is -0.178. The zero-order valence-corrected chi connectivity index (χ0v) is 11.2. The number of benzene rings is 1. The maximum absolute atomic E-state index is 12.6. The van der Waals surface area contributed by atoms with Crippen LogP contribution in [0.2, 0.25) is 0 Å². The van der Waals surface area contributed by atoms with E-state index in [9.17, 15) is 18.0 Å². The lowest BCUT2D eigenvalue weighted by Gasteiger charge is -2.28. The van der Waals surface area contributed by atoms with Gasteiger partial charge >= 0.3 is 6.18 Å². The van der Waals surface area contributed by atoms with Crippen LogP contribution in [0.4, 0.5) is 30.2 Å². The average molecular weight is 303 g/mol. The molecular weight excluding hydrogens is 287 g/mol. The predicted molar refractivity (Wildman–Crippen MR) is 73.2 cm³/mol. The first-order valence-corrected chi connectivity index (χ1v) is 6.45. The lowest BCUT2D eigenvalue weighted by Crippen LogP contribution is -2.37. The van der Waals surface area contributed by atoms with Gasteiger partial charge in [-0.15, -0.1) is 0 Å². The first-order chi connectivity index (χ1) is 9.80. The van der Waals surface area contributed by atoms with Gasteiger partial charge in [0.2, 0.25) is 5.91 Å². The molecule has 1 aliphatic rings. The summed E-state index contributed by atoms with van der Waals surface area (Å²) in [5, 5.41) is 11.6. The Morgan fingerprint density at radius 2 is 2.05 bits per heavy atom. The maximum Gasteiger partial charge on any atom is 0.405 e. The average Bonchev–Trinajstić information content (AvgIpc) is 2.36. The fraction of sp³-hybridized carbons (Fsp3) is 0.462. The van der Waals surface area contributed by atoms with Crippen molar-refractivity contribution in [2.24, 2.45) is 0 Å². The molecule has 0 bridgehead atoms. The van der Waals surface area contributed by atoms with Gasteiger partial charge in [-0.3, -0.25) is 4.79 Å². The fourth-order valence-corrected chi connectivity index (χ4v) is 2.33. The van der Waals surface area contributed by atoms with E-state index in [4.69, 9.17) is 10.8 Å². The van der Waals surface area contributed by atoms with Gasteiger partial charge in [0.15, 0.2) is 0 Å². The number of nitrogens with two attached hydrogens (primary N) is 1. The van der Waals surface area contributed by atoms with E-state index in [-0.39, 0.29) is 23.8 Å². The van der Waals surface area contributed by atoms with Crippen molar-refractivity contribution in [2.45, 2.75) is 19.0 Å². The van der Waals surface area contributed by atoms with E-state index in [1.807, 2.05) is 0 Å². The topological polar surface area (TPSA) is 78.6 Å². The SMILES string of the molecule is Nc1cc2c(cc1N(CCO)CC(F)(F)F)NC(=O)CC2. The number of nitrogen functional groups attached to an aromatic ring is 1. The molecule has 0 radical (unpaired) electrons. The molecule has 0 unspecified atom stereocenters. The summed E-state index contributed by atoms with van der Waals surface area (Å²) >= 11 is 0. The van der Waals surface area contributed by atoms with Crippen LogP contribution in [0.3, 0.4) is 0 Å². The number of nitrogens with zero attached hydrogens (tertiary/aromatic N) is 1. The molecule has 0 aromatic heterocycles. The van der Waals surface area contributed by atoms with Gasteiger partial charge in [0, 0.05) is 18.7 Å². The van der Waals surface area contributed by atoms with Crippen molar-refractivity contribution in [1.82, 2.24) is 0 Å². The first kappa shape index (κ1) is 15.4. The van der Waals surface area contributed by atoms with E-state index < -0.39 is 19.3 Å². The number of carbonyl (C=O) groups is 1. The molecule has 21 heavy (non-hydrogen) atoms. The Balaban J connectivity index is 2.36. The summed E-state index contributed by atoms with van der Waals surface area (Å²) in [6, 6.07) is 3.01. The molecule has 116 valence electrons. The second-order valence-electron chi connectivity index (χ2n) is 4.88. The lowest BCUT2D eigenvalue weighted by atomic mass is 10.0. The quantitative estimate of drug-likeness (QED) is 0.737. The monoisotopic (exact) mass is 303 g/mol. The van der Waals surface area contributed by atoms with Crippen molar-refractivity contribution in [3.63, 3.8) is 0 Å². The summed E-state index contributed by atoms with van der Waals surface area (Å²) in [4.78, 5) is 12.3. The van der Waals surface area contributed by atoms with Crippen molar-refractivity contribution in [3.8, 4) is 0 Å². The largest absolute Gasteiger partial charge is 0.405 e. The van der Waals surface area contributed by atoms with E-state index >= 15 is 0 Å². The van der Waals surface area contributed by atoms with E-state index in [0.29, 0.717) is 18.5 Å². The van der Waals surface area contributed by atoms with Gasteiger partial charge in [0.1, 0.15) is 6.54 Å². The third-order valence-corrected chi connectivity index (χ3v) is 3.23. The number of nitrogens with one attached hydrogen (secondary N) is 1. The minimum absolute atomic E-state index is 0.155. The molecule has 0 fully saturated rings. The molecule has 0 aliphatic carbocycles. The van der Waals surface area contributed by atoms with Gasteiger partial charge in [-0.25, -0.2) is 0 Å². The Morgan fingerprint density at radius 1 is 1.33 bits per heavy atom. The van der Waals surface area contributed by atoms with Crippen molar-refractivity contribution in [2.75, 3.05) is 35.6 Å². The van der Waals surface area contributed by atoms with Crippen LogP contribution in [0.15, 0.2) is 12.1 Å². The third-order valence-electron chi connectivity index (χ3n) is 3.23. The molecule has 8 heteroatoms. The number of aliphatic hydroxyl groups excluding tert-OH is 1. The molecule has 0 saturated carbocycles. The highest BCUT2D eigenvalue weighted by Gasteiger charge is 2.32. The van der Waals surface area contributed by atoms with Gasteiger partial charge in [-0.1, -0.05) is 0 Å². The molecule has 1 aromatic carbocycles. The molecule has 1 aliphatic heterocycles. The molecule has 4 N–H and O–H groups in total. The van der Waals surface area contributed by atoms with Gasteiger partial charge in [-0.2, -0.15) is 13.2 Å². The highest BCUT2D eigenvalue weighted by molar-refractivity contribution is 5.95. The number of carbonyl (C=O) groups excluding carboxylic acids is 1. The summed E-state index contributed by atoms with van der Waals surface area (Å²) in [6.07, 6.45) is -3.58. The number of anilines is 3. The van der Waals surface area contributed by atoms with Crippen molar-refractivity contribution in [3.05, 3.63) is 17.7 Å². The number of amides is 1. The number of hydrogen-bond donors (Lipinski definition) is 3. The Kier molecular flexibility index (Phi) is 4.26. The van der Waals surface area contributed by atoms with Gasteiger partial charge in [0.25, 0.3) is 0 Å². The maximum atomic E-state index is 12.6. The molecule has 1 heterocycles. The smallest absolute Gasteiger partial charge is 0.397 e. The summed E-state index contributed by atoms with van der Waals surface area (Å²) < 4.78 is 37.8. The normalized spacial score (nSPS) is 14.6. The van der Waals surface area contributed by atoms with E-state index in [0.717, 1.165) is 10.5 Å². The van der Waals surface area contributed by atoms with E-state index in [2.05, 4.69) is 5.32 Å². The van der Waals surface area contributed by atoms with Crippen molar-refractivity contribution in [1.29, 1.82) is 0 Å². The third kappa shape index (κ3) is 3.78. The first-order valence-electron chi connectivity index (χ1n) is 6.45. The highest BCUT2D eigenvalue weighted by atomic mass is 19.4. The number of fused-ring (bicyclic) bond motifs is 1. The predicted octanol–water partition coefficient (Wildman–Crippen LogP) is 1.51. The van der Waals surface area contributed by atoms with Crippen molar-refractivity contribution < 1.29 is 23.1 Å². The molecule has 0 saturated heterocycles. The van der Waals surface area contributed by atoms with Crippen LogP contribution < -0.4 is 16.0 Å². The van der Waals surface area contributed by atoms with E-state index in [1.54, 1.807) is 6.07 Å². The zero-order valence-electron chi connectivity index (χ0n) is 11.2. The summed E-state index contributed by atoms with van der Waals surface area (Å²) in [6.45, 7) is -1.85. The number of rotatable bonds is 4. The van der Waals surface area contributed by atoms with Crippen LogP contribution in [0, 0.1) is 0 Å². The minimum atomic E-state index is -4.42. The summed E-state index contributed by atoms with van der Waals surface area (Å²) in [5.41, 5.74) is 7.45. The number of alkyl halides is 3. The molecule has 0 atom stereocenters. The zero-order chi connectivity index (χ0) is 15.6. The minimum Gasteiger partial charge on any atom is -0.397 e. The second-order valence-corrected chi connectivity index (χ2v) is 4.88. The molecule has 0 spiro atoms. The summed E-state index contributed by atoms with van der Waals surface area (Å²) in [7, 11) is 0. The van der Waals surface area contributed by atoms with Crippen LogP contribution in [0.1, 0.15) is 12.0 Å². The molecule has 5 nitrogen and oxygen atoms in total. The molecule has 2 rings (SSSR count). The number of aliphatic hydroxyl groups is 1. The Labute approximate surface area is 119 Å². The fourth-order valence-electron chi connectivity index (χ4n) is 2.33. The van der Waals surface area contributed by atoms with Gasteiger partial charge < -0.3 is 21.1 Å². The standard InChI is InChI=1S/C13H16F3N3O2/c14-13(15,16)7-19(3-4-20)11-6-10-8(5-9(11)17)1-2-12(21)18-10/h5-6,20H,1-4,7,17H2,(H,18,21). The molecule has 1 amide bonds. The Morgan fingerprint density at radius 3 is 2.67 bits per heavy atom. The Hall–Kier alpha value is -1.96. The van der Waals surface area contributed by atoms with Crippen LogP contribution in [-0.4, -0.2) is 36.9 Å². The molecular formula is C13H16F3N3O2. The second kappa shape index (κ2) is 5.80. The van der Waals surface area contributed by atoms with Crippen LogP contribution >= 0.6 is 0 Å².